The van der Waals surface area contributed by atoms with Gasteiger partial charge in [-0.1, -0.05) is 34.6 Å². The fourth-order valence-corrected chi connectivity index (χ4v) is 4.01. The molecule has 0 N–H and O–H groups in total. The van der Waals surface area contributed by atoms with Crippen molar-refractivity contribution in [3.05, 3.63) is 0 Å². The zero-order valence-electron chi connectivity index (χ0n) is 9.20. The van der Waals surface area contributed by atoms with E-state index in [1.54, 1.807) is 0 Å². The zero-order chi connectivity index (χ0) is 9.20. The van der Waals surface area contributed by atoms with Gasteiger partial charge in [-0.15, -0.1) is 0 Å². The van der Waals surface area contributed by atoms with Gasteiger partial charge in [0.2, 0.25) is 0 Å². The average Bonchev–Trinajstić information content (AvgIpc) is 2.18. The first-order valence-corrected chi connectivity index (χ1v) is 5.31. The molecule has 0 aromatic heterocycles. The summed E-state index contributed by atoms with van der Waals surface area (Å²) in [5.74, 6) is 0.998. The van der Waals surface area contributed by atoms with Gasteiger partial charge < -0.3 is 0 Å². The Labute approximate surface area is 76.7 Å². The van der Waals surface area contributed by atoms with E-state index in [9.17, 15) is 0 Å². The molecule has 0 heteroatoms. The maximum atomic E-state index is 2.51. The van der Waals surface area contributed by atoms with Crippen molar-refractivity contribution in [2.45, 2.75) is 53.9 Å². The molecular formula is C12H22. The molecule has 0 spiro atoms. The van der Waals surface area contributed by atoms with Gasteiger partial charge in [0, 0.05) is 0 Å². The third-order valence-corrected chi connectivity index (χ3v) is 5.69. The Kier molecular flexibility index (Phi) is 1.37. The van der Waals surface area contributed by atoms with Crippen molar-refractivity contribution in [3.8, 4) is 0 Å². The van der Waals surface area contributed by atoms with Crippen LogP contribution in [0.3, 0.4) is 0 Å². The van der Waals surface area contributed by atoms with Crippen LogP contribution in [0.1, 0.15) is 53.9 Å². The average molecular weight is 166 g/mol. The van der Waals surface area contributed by atoms with Crippen LogP contribution < -0.4 is 0 Å². The van der Waals surface area contributed by atoms with E-state index in [0.29, 0.717) is 16.2 Å². The molecule has 0 aromatic rings. The van der Waals surface area contributed by atoms with E-state index < -0.39 is 0 Å². The number of fused-ring (bicyclic) bond motifs is 2. The molecule has 2 aliphatic rings. The predicted octanol–water partition coefficient (Wildman–Crippen LogP) is 3.86. The summed E-state index contributed by atoms with van der Waals surface area (Å²) in [5.41, 5.74) is 1.78. The Morgan fingerprint density at radius 1 is 1.00 bits per heavy atom. The maximum Gasteiger partial charge on any atom is -0.0220 e. The molecule has 0 nitrogen and oxygen atoms in total. The zero-order valence-corrected chi connectivity index (χ0v) is 9.20. The van der Waals surface area contributed by atoms with Crippen LogP contribution in [0.15, 0.2) is 0 Å². The van der Waals surface area contributed by atoms with E-state index in [0.717, 1.165) is 5.92 Å². The Morgan fingerprint density at radius 3 is 1.75 bits per heavy atom. The third kappa shape index (κ3) is 0.661. The normalized spacial score (nSPS) is 48.2. The quantitative estimate of drug-likeness (QED) is 0.512. The highest BCUT2D eigenvalue weighted by atomic mass is 14.7. The molecule has 70 valence electrons. The second-order valence-electron chi connectivity index (χ2n) is 6.38. The van der Waals surface area contributed by atoms with Gasteiger partial charge in [-0.25, -0.2) is 0 Å². The first-order valence-electron chi connectivity index (χ1n) is 5.31. The Balaban J connectivity index is 2.47. The van der Waals surface area contributed by atoms with Crippen molar-refractivity contribution in [1.82, 2.24) is 0 Å². The lowest BCUT2D eigenvalue weighted by molar-refractivity contribution is 0.0435. The summed E-state index contributed by atoms with van der Waals surface area (Å²) in [7, 11) is 0. The molecule has 1 unspecified atom stereocenters. The Morgan fingerprint density at radius 2 is 1.58 bits per heavy atom. The summed E-state index contributed by atoms with van der Waals surface area (Å²) in [4.78, 5) is 0. The minimum absolute atomic E-state index is 0.583. The lowest BCUT2D eigenvalue weighted by atomic mass is 9.60. The van der Waals surface area contributed by atoms with Crippen LogP contribution in [0.2, 0.25) is 0 Å². The van der Waals surface area contributed by atoms with Crippen LogP contribution in [0.25, 0.3) is 0 Å². The topological polar surface area (TPSA) is 0 Å². The number of hydrogen-bond acceptors (Lipinski definition) is 0. The molecule has 2 fully saturated rings. The van der Waals surface area contributed by atoms with Gasteiger partial charge in [0.25, 0.3) is 0 Å². The number of hydrogen-bond donors (Lipinski definition) is 0. The molecule has 2 aliphatic carbocycles. The van der Waals surface area contributed by atoms with Crippen LogP contribution >= 0.6 is 0 Å². The lowest BCUT2D eigenvalue weighted by Gasteiger charge is -2.44. The van der Waals surface area contributed by atoms with Gasteiger partial charge in [-0.05, 0) is 41.4 Å². The van der Waals surface area contributed by atoms with E-state index in [1.165, 1.54) is 19.3 Å². The highest BCUT2D eigenvalue weighted by Crippen LogP contribution is 2.72. The maximum absolute atomic E-state index is 2.51. The molecule has 0 heterocycles. The van der Waals surface area contributed by atoms with E-state index in [1.807, 2.05) is 0 Å². The van der Waals surface area contributed by atoms with E-state index in [2.05, 4.69) is 34.6 Å². The summed E-state index contributed by atoms with van der Waals surface area (Å²) in [6.45, 7) is 12.4. The molecule has 2 saturated carbocycles. The lowest BCUT2D eigenvalue weighted by Crippen LogP contribution is -2.37. The second kappa shape index (κ2) is 1.91. The Hall–Kier alpha value is 0. The molecule has 2 rings (SSSR count). The summed E-state index contributed by atoms with van der Waals surface area (Å²) in [6, 6.07) is 0. The van der Waals surface area contributed by atoms with Crippen LogP contribution in [0, 0.1) is 22.2 Å². The molecule has 0 radical (unpaired) electrons. The smallest absolute Gasteiger partial charge is 0.0220 e. The van der Waals surface area contributed by atoms with E-state index in [-0.39, 0.29) is 0 Å². The van der Waals surface area contributed by atoms with Crippen LogP contribution in [-0.4, -0.2) is 0 Å². The van der Waals surface area contributed by atoms with Gasteiger partial charge in [-0.2, -0.15) is 0 Å². The molecule has 0 aromatic carbocycles. The minimum Gasteiger partial charge on any atom is -0.0594 e. The van der Waals surface area contributed by atoms with Gasteiger partial charge in [0.15, 0.2) is 0 Å². The minimum atomic E-state index is 0.583. The predicted molar refractivity (Wildman–Crippen MR) is 53.0 cm³/mol. The molecule has 12 heavy (non-hydrogen) atoms. The van der Waals surface area contributed by atoms with Gasteiger partial charge in [0.1, 0.15) is 0 Å². The first-order chi connectivity index (χ1) is 5.31. The van der Waals surface area contributed by atoms with E-state index in [4.69, 9.17) is 0 Å². The highest BCUT2D eigenvalue weighted by Gasteiger charge is 2.64. The fourth-order valence-electron chi connectivity index (χ4n) is 4.01. The van der Waals surface area contributed by atoms with Crippen molar-refractivity contribution in [2.24, 2.45) is 22.2 Å². The first kappa shape index (κ1) is 8.59. The van der Waals surface area contributed by atoms with Crippen molar-refractivity contribution in [3.63, 3.8) is 0 Å². The summed E-state index contributed by atoms with van der Waals surface area (Å²) in [6.07, 6.45) is 4.39. The molecule has 2 bridgehead atoms. The van der Waals surface area contributed by atoms with Gasteiger partial charge in [0.05, 0.1) is 0 Å². The van der Waals surface area contributed by atoms with Crippen LogP contribution in [0.5, 0.6) is 0 Å². The largest absolute Gasteiger partial charge is 0.0594 e. The molecule has 0 aliphatic heterocycles. The number of rotatable bonds is 0. The molecular weight excluding hydrogens is 144 g/mol. The summed E-state index contributed by atoms with van der Waals surface area (Å²) >= 11 is 0. The second-order valence-corrected chi connectivity index (χ2v) is 6.38. The molecule has 2 atom stereocenters. The summed E-state index contributed by atoms with van der Waals surface area (Å²) in [5, 5.41) is 0. The van der Waals surface area contributed by atoms with Crippen LogP contribution in [-0.2, 0) is 0 Å². The molecule has 0 saturated heterocycles. The standard InChI is InChI=1S/C12H22/c1-10(2)8-9-6-7-12(10,5)11(9,3)4/h9H,6-8H2,1-5H3/t9?,12-/m0/s1. The monoisotopic (exact) mass is 166 g/mol. The van der Waals surface area contributed by atoms with Crippen molar-refractivity contribution >= 4 is 0 Å². The van der Waals surface area contributed by atoms with E-state index >= 15 is 0 Å². The van der Waals surface area contributed by atoms with Crippen LogP contribution in [0.4, 0.5) is 0 Å². The third-order valence-electron chi connectivity index (χ3n) is 5.69. The van der Waals surface area contributed by atoms with Gasteiger partial charge >= 0.3 is 0 Å². The van der Waals surface area contributed by atoms with Gasteiger partial charge in [-0.3, -0.25) is 0 Å². The Bertz CT molecular complexity index is 212. The van der Waals surface area contributed by atoms with Crippen molar-refractivity contribution in [2.75, 3.05) is 0 Å². The SMILES string of the molecule is CC1(C)CC2CC[C@]1(C)C2(C)C. The fraction of sp³-hybridized carbons (Fsp3) is 1.00. The van der Waals surface area contributed by atoms with Crippen molar-refractivity contribution in [1.29, 1.82) is 0 Å². The van der Waals surface area contributed by atoms with Crippen molar-refractivity contribution < 1.29 is 0 Å². The molecule has 0 amide bonds. The summed E-state index contributed by atoms with van der Waals surface area (Å²) < 4.78 is 0. The highest BCUT2D eigenvalue weighted by molar-refractivity contribution is 5.13.